The van der Waals surface area contributed by atoms with Crippen LogP contribution < -0.4 is 25.1 Å². The average Bonchev–Trinajstić information content (AvgIpc) is 2.69. The average molecular weight is 386 g/mol. The SMILES string of the molecule is CCOc1ccc(OCC(=O)NNC(=O)[C@@H](C)Oc2cccc(C)c2C)cc1. The van der Waals surface area contributed by atoms with E-state index in [1.807, 2.05) is 32.9 Å². The van der Waals surface area contributed by atoms with Crippen molar-refractivity contribution in [3.63, 3.8) is 0 Å². The van der Waals surface area contributed by atoms with Crippen molar-refractivity contribution in [1.82, 2.24) is 10.9 Å². The van der Waals surface area contributed by atoms with Gasteiger partial charge in [0.2, 0.25) is 0 Å². The van der Waals surface area contributed by atoms with Crippen molar-refractivity contribution >= 4 is 11.8 Å². The molecule has 0 heterocycles. The number of aryl methyl sites for hydroxylation is 1. The molecule has 0 saturated heterocycles. The molecule has 2 rings (SSSR count). The fraction of sp³-hybridized carbons (Fsp3) is 0.333. The summed E-state index contributed by atoms with van der Waals surface area (Å²) in [6, 6.07) is 12.6. The predicted molar refractivity (Wildman–Crippen MR) is 105 cm³/mol. The number of rotatable bonds is 8. The summed E-state index contributed by atoms with van der Waals surface area (Å²) in [6.07, 6.45) is -0.771. The molecule has 28 heavy (non-hydrogen) atoms. The van der Waals surface area contributed by atoms with Crippen LogP contribution in [0.5, 0.6) is 17.2 Å². The molecule has 0 aliphatic carbocycles. The first-order valence-electron chi connectivity index (χ1n) is 9.08. The molecular formula is C21H26N2O5. The Labute approximate surface area is 165 Å². The van der Waals surface area contributed by atoms with E-state index in [-0.39, 0.29) is 6.61 Å². The number of hydrogen-bond donors (Lipinski definition) is 2. The lowest BCUT2D eigenvalue weighted by Crippen LogP contribution is -2.48. The van der Waals surface area contributed by atoms with Crippen molar-refractivity contribution < 1.29 is 23.8 Å². The van der Waals surface area contributed by atoms with Crippen LogP contribution in [-0.4, -0.2) is 31.1 Å². The second-order valence-electron chi connectivity index (χ2n) is 6.19. The smallest absolute Gasteiger partial charge is 0.279 e. The summed E-state index contributed by atoms with van der Waals surface area (Å²) in [5.41, 5.74) is 6.69. The first kappa shape index (κ1) is 21.1. The minimum absolute atomic E-state index is 0.236. The molecule has 0 aromatic heterocycles. The van der Waals surface area contributed by atoms with Crippen LogP contribution in [0.1, 0.15) is 25.0 Å². The van der Waals surface area contributed by atoms with Crippen LogP contribution in [0, 0.1) is 13.8 Å². The van der Waals surface area contributed by atoms with E-state index in [4.69, 9.17) is 14.2 Å². The maximum atomic E-state index is 12.1. The predicted octanol–water partition coefficient (Wildman–Crippen LogP) is 2.70. The van der Waals surface area contributed by atoms with Gasteiger partial charge in [0.15, 0.2) is 12.7 Å². The largest absolute Gasteiger partial charge is 0.494 e. The van der Waals surface area contributed by atoms with E-state index in [9.17, 15) is 9.59 Å². The van der Waals surface area contributed by atoms with Crippen LogP contribution in [0.2, 0.25) is 0 Å². The maximum absolute atomic E-state index is 12.1. The molecule has 7 heteroatoms. The Bertz CT molecular complexity index is 805. The summed E-state index contributed by atoms with van der Waals surface area (Å²) in [6.45, 7) is 7.75. The second-order valence-corrected chi connectivity index (χ2v) is 6.19. The number of ether oxygens (including phenoxy) is 3. The van der Waals surface area contributed by atoms with Gasteiger partial charge in [0.25, 0.3) is 11.8 Å². The number of hydrogen-bond acceptors (Lipinski definition) is 5. The Morgan fingerprint density at radius 3 is 2.25 bits per heavy atom. The molecule has 0 bridgehead atoms. The highest BCUT2D eigenvalue weighted by molar-refractivity contribution is 5.85. The van der Waals surface area contributed by atoms with Gasteiger partial charge >= 0.3 is 0 Å². The second kappa shape index (κ2) is 10.2. The zero-order valence-corrected chi connectivity index (χ0v) is 16.6. The van der Waals surface area contributed by atoms with Crippen molar-refractivity contribution in [2.75, 3.05) is 13.2 Å². The van der Waals surface area contributed by atoms with Crippen LogP contribution >= 0.6 is 0 Å². The lowest BCUT2D eigenvalue weighted by molar-refractivity contribution is -0.133. The Morgan fingerprint density at radius 1 is 0.964 bits per heavy atom. The Balaban J connectivity index is 1.75. The van der Waals surface area contributed by atoms with E-state index in [0.717, 1.165) is 16.9 Å². The Kier molecular flexibility index (Phi) is 7.68. The zero-order chi connectivity index (χ0) is 20.5. The van der Waals surface area contributed by atoms with E-state index in [1.54, 1.807) is 37.3 Å². The molecule has 2 aromatic carbocycles. The number of benzene rings is 2. The Morgan fingerprint density at radius 2 is 1.61 bits per heavy atom. The number of carbonyl (C=O) groups excluding carboxylic acids is 2. The molecule has 2 N–H and O–H groups in total. The number of carbonyl (C=O) groups is 2. The highest BCUT2D eigenvalue weighted by atomic mass is 16.5. The van der Waals surface area contributed by atoms with Crippen LogP contribution in [-0.2, 0) is 9.59 Å². The summed E-state index contributed by atoms with van der Waals surface area (Å²) in [7, 11) is 0. The van der Waals surface area contributed by atoms with Gasteiger partial charge in [0.1, 0.15) is 17.2 Å². The van der Waals surface area contributed by atoms with Gasteiger partial charge < -0.3 is 14.2 Å². The number of nitrogens with one attached hydrogen (secondary N) is 2. The first-order valence-corrected chi connectivity index (χ1v) is 9.08. The van der Waals surface area contributed by atoms with Crippen LogP contribution in [0.3, 0.4) is 0 Å². The quantitative estimate of drug-likeness (QED) is 0.682. The standard InChI is InChI=1S/C21H26N2O5/c1-5-26-17-9-11-18(12-10-17)27-13-20(24)22-23-21(25)16(4)28-19-8-6-7-14(2)15(19)3/h6-12,16H,5,13H2,1-4H3,(H,22,24)(H,23,25)/t16-/m1/s1. The molecule has 1 atom stereocenters. The van der Waals surface area contributed by atoms with Gasteiger partial charge in [-0.2, -0.15) is 0 Å². The molecule has 0 unspecified atom stereocenters. The molecule has 150 valence electrons. The third kappa shape index (κ3) is 6.19. The summed E-state index contributed by atoms with van der Waals surface area (Å²) < 4.78 is 16.4. The molecule has 2 amide bonds. The first-order chi connectivity index (χ1) is 13.4. The molecule has 7 nitrogen and oxygen atoms in total. The van der Waals surface area contributed by atoms with Crippen molar-refractivity contribution in [2.24, 2.45) is 0 Å². The highest BCUT2D eigenvalue weighted by Crippen LogP contribution is 2.21. The van der Waals surface area contributed by atoms with Crippen molar-refractivity contribution in [3.8, 4) is 17.2 Å². The molecule has 0 saturated carbocycles. The topological polar surface area (TPSA) is 85.9 Å². The van der Waals surface area contributed by atoms with Gasteiger partial charge in [-0.1, -0.05) is 12.1 Å². The van der Waals surface area contributed by atoms with Gasteiger partial charge in [0, 0.05) is 0 Å². The van der Waals surface area contributed by atoms with Gasteiger partial charge in [-0.25, -0.2) is 0 Å². The molecule has 0 aliphatic rings. The van der Waals surface area contributed by atoms with Crippen molar-refractivity contribution in [3.05, 3.63) is 53.6 Å². The fourth-order valence-corrected chi connectivity index (χ4v) is 2.31. The molecule has 2 aromatic rings. The summed E-state index contributed by atoms with van der Waals surface area (Å²) in [5.74, 6) is 0.935. The van der Waals surface area contributed by atoms with E-state index in [2.05, 4.69) is 10.9 Å². The summed E-state index contributed by atoms with van der Waals surface area (Å²) in [5, 5.41) is 0. The molecule has 0 spiro atoms. The number of hydrazine groups is 1. The zero-order valence-electron chi connectivity index (χ0n) is 16.6. The van der Waals surface area contributed by atoms with E-state index in [1.165, 1.54) is 0 Å². The van der Waals surface area contributed by atoms with Gasteiger partial charge in [-0.05, 0) is 69.2 Å². The minimum atomic E-state index is -0.771. The van der Waals surface area contributed by atoms with Gasteiger partial charge in [-0.3, -0.25) is 20.4 Å². The Hall–Kier alpha value is -3.22. The monoisotopic (exact) mass is 386 g/mol. The van der Waals surface area contributed by atoms with E-state index >= 15 is 0 Å². The third-order valence-electron chi connectivity index (χ3n) is 4.06. The van der Waals surface area contributed by atoms with Crippen molar-refractivity contribution in [2.45, 2.75) is 33.8 Å². The van der Waals surface area contributed by atoms with Gasteiger partial charge in [0.05, 0.1) is 6.61 Å². The summed E-state index contributed by atoms with van der Waals surface area (Å²) >= 11 is 0. The third-order valence-corrected chi connectivity index (χ3v) is 4.06. The molecule has 0 fully saturated rings. The molecule has 0 radical (unpaired) electrons. The minimum Gasteiger partial charge on any atom is -0.494 e. The van der Waals surface area contributed by atoms with E-state index < -0.39 is 17.9 Å². The van der Waals surface area contributed by atoms with Crippen molar-refractivity contribution in [1.29, 1.82) is 0 Å². The lowest BCUT2D eigenvalue weighted by atomic mass is 10.1. The number of amides is 2. The van der Waals surface area contributed by atoms with Gasteiger partial charge in [-0.15, -0.1) is 0 Å². The summed E-state index contributed by atoms with van der Waals surface area (Å²) in [4.78, 5) is 24.0. The van der Waals surface area contributed by atoms with Crippen LogP contribution in [0.15, 0.2) is 42.5 Å². The highest BCUT2D eigenvalue weighted by Gasteiger charge is 2.16. The molecule has 0 aliphatic heterocycles. The van der Waals surface area contributed by atoms with Crippen LogP contribution in [0.25, 0.3) is 0 Å². The van der Waals surface area contributed by atoms with Crippen LogP contribution in [0.4, 0.5) is 0 Å². The van der Waals surface area contributed by atoms with E-state index in [0.29, 0.717) is 18.1 Å². The fourth-order valence-electron chi connectivity index (χ4n) is 2.31. The lowest BCUT2D eigenvalue weighted by Gasteiger charge is -2.17. The normalized spacial score (nSPS) is 11.3. The molecular weight excluding hydrogens is 360 g/mol. The maximum Gasteiger partial charge on any atom is 0.279 e.